The van der Waals surface area contributed by atoms with Crippen LogP contribution in [0.3, 0.4) is 0 Å². The zero-order valence-electron chi connectivity index (χ0n) is 10.9. The number of benzene rings is 1. The molecule has 20 heavy (non-hydrogen) atoms. The van der Waals surface area contributed by atoms with Gasteiger partial charge in [-0.15, -0.1) is 0 Å². The highest BCUT2D eigenvalue weighted by Gasteiger charge is 2.17. The number of hydrogen-bond donors (Lipinski definition) is 2. The Morgan fingerprint density at radius 1 is 1.45 bits per heavy atom. The third-order valence-electron chi connectivity index (χ3n) is 3.19. The van der Waals surface area contributed by atoms with Crippen LogP contribution in [-0.2, 0) is 0 Å². The minimum atomic E-state index is -0.517. The largest absolute Gasteiger partial charge is 0.378 e. The molecule has 0 saturated carbocycles. The molecule has 1 aromatic carbocycles. The molecule has 0 radical (unpaired) electrons. The van der Waals surface area contributed by atoms with Crippen LogP contribution in [0.2, 0.25) is 0 Å². The Hall–Kier alpha value is -1.25. The van der Waals surface area contributed by atoms with Gasteiger partial charge in [-0.2, -0.15) is 0 Å². The summed E-state index contributed by atoms with van der Waals surface area (Å²) in [7, 11) is 0. The first-order valence-corrected chi connectivity index (χ1v) is 7.17. The van der Waals surface area contributed by atoms with Gasteiger partial charge in [0.1, 0.15) is 11.5 Å². The number of halogens is 2. The molecule has 1 aliphatic rings. The molecule has 110 valence electrons. The lowest BCUT2D eigenvalue weighted by Gasteiger charge is -2.27. The number of nitrogens with zero attached hydrogens (tertiary/aromatic N) is 2. The summed E-state index contributed by atoms with van der Waals surface area (Å²) in [6.45, 7) is 5.13. The lowest BCUT2D eigenvalue weighted by molar-refractivity contribution is -0.384. The Kier molecular flexibility index (Phi) is 5.27. The van der Waals surface area contributed by atoms with E-state index in [1.54, 1.807) is 0 Å². The van der Waals surface area contributed by atoms with Gasteiger partial charge in [0.15, 0.2) is 0 Å². The number of piperazine rings is 1. The standard InChI is InChI=1S/C12H16BrFN4O2/c13-9-7-12(18(19)20)11(8-10(9)14)16-3-6-17-4-1-15-2-5-17/h7-8,15-16H,1-6H2. The van der Waals surface area contributed by atoms with Crippen molar-refractivity contribution in [1.29, 1.82) is 0 Å². The Morgan fingerprint density at radius 2 is 2.15 bits per heavy atom. The van der Waals surface area contributed by atoms with Gasteiger partial charge < -0.3 is 10.6 Å². The van der Waals surface area contributed by atoms with E-state index in [2.05, 4.69) is 31.5 Å². The van der Waals surface area contributed by atoms with E-state index >= 15 is 0 Å². The average Bonchev–Trinajstić information content (AvgIpc) is 2.43. The fourth-order valence-corrected chi connectivity index (χ4v) is 2.44. The second-order valence-corrected chi connectivity index (χ2v) is 5.41. The summed E-state index contributed by atoms with van der Waals surface area (Å²) < 4.78 is 13.6. The van der Waals surface area contributed by atoms with Crippen LogP contribution in [0.15, 0.2) is 16.6 Å². The molecule has 1 heterocycles. The fourth-order valence-electron chi connectivity index (χ4n) is 2.11. The van der Waals surface area contributed by atoms with Gasteiger partial charge in [0.05, 0.1) is 9.40 Å². The lowest BCUT2D eigenvalue weighted by atomic mass is 10.2. The summed E-state index contributed by atoms with van der Waals surface area (Å²) in [6, 6.07) is 2.34. The first-order chi connectivity index (χ1) is 9.58. The van der Waals surface area contributed by atoms with Crippen LogP contribution in [0.1, 0.15) is 0 Å². The number of nitrogens with one attached hydrogen (secondary N) is 2. The molecule has 2 rings (SSSR count). The molecule has 0 spiro atoms. The van der Waals surface area contributed by atoms with Gasteiger partial charge in [0, 0.05) is 51.4 Å². The minimum Gasteiger partial charge on any atom is -0.378 e. The van der Waals surface area contributed by atoms with Crippen LogP contribution in [0.5, 0.6) is 0 Å². The van der Waals surface area contributed by atoms with E-state index in [1.807, 2.05) is 0 Å². The maximum atomic E-state index is 13.5. The fraction of sp³-hybridized carbons (Fsp3) is 0.500. The van der Waals surface area contributed by atoms with Gasteiger partial charge in [-0.25, -0.2) is 4.39 Å². The van der Waals surface area contributed by atoms with Crippen LogP contribution in [0.25, 0.3) is 0 Å². The van der Waals surface area contributed by atoms with Crippen molar-refractivity contribution in [3.8, 4) is 0 Å². The van der Waals surface area contributed by atoms with E-state index in [1.165, 1.54) is 6.07 Å². The number of anilines is 1. The second kappa shape index (κ2) is 6.96. The quantitative estimate of drug-likeness (QED) is 0.628. The molecule has 6 nitrogen and oxygen atoms in total. The molecule has 0 unspecified atom stereocenters. The summed E-state index contributed by atoms with van der Waals surface area (Å²) in [5.41, 5.74) is 0.0874. The van der Waals surface area contributed by atoms with Crippen molar-refractivity contribution in [2.45, 2.75) is 0 Å². The normalized spacial score (nSPS) is 16.1. The van der Waals surface area contributed by atoms with Crippen LogP contribution in [0.4, 0.5) is 15.8 Å². The van der Waals surface area contributed by atoms with Crippen molar-refractivity contribution in [2.24, 2.45) is 0 Å². The highest BCUT2D eigenvalue weighted by Crippen LogP contribution is 2.30. The molecule has 8 heteroatoms. The van der Waals surface area contributed by atoms with Crippen molar-refractivity contribution >= 4 is 27.3 Å². The first-order valence-electron chi connectivity index (χ1n) is 6.38. The minimum absolute atomic E-state index is 0.0943. The number of nitro groups is 1. The zero-order valence-corrected chi connectivity index (χ0v) is 12.5. The molecule has 0 atom stereocenters. The Balaban J connectivity index is 1.97. The van der Waals surface area contributed by atoms with Gasteiger partial charge in [-0.1, -0.05) is 0 Å². The third-order valence-corrected chi connectivity index (χ3v) is 3.80. The maximum Gasteiger partial charge on any atom is 0.293 e. The van der Waals surface area contributed by atoms with Crippen LogP contribution in [-0.4, -0.2) is 49.1 Å². The van der Waals surface area contributed by atoms with E-state index < -0.39 is 10.7 Å². The lowest BCUT2D eigenvalue weighted by Crippen LogP contribution is -2.45. The number of rotatable bonds is 5. The predicted molar refractivity (Wildman–Crippen MR) is 78.6 cm³/mol. The van der Waals surface area contributed by atoms with Crippen LogP contribution >= 0.6 is 15.9 Å². The number of nitro benzene ring substituents is 1. The van der Waals surface area contributed by atoms with Crippen molar-refractivity contribution in [3.63, 3.8) is 0 Å². The Morgan fingerprint density at radius 3 is 2.80 bits per heavy atom. The van der Waals surface area contributed by atoms with Crippen molar-refractivity contribution in [3.05, 3.63) is 32.5 Å². The van der Waals surface area contributed by atoms with Gasteiger partial charge >= 0.3 is 0 Å². The van der Waals surface area contributed by atoms with Crippen molar-refractivity contribution in [2.75, 3.05) is 44.6 Å². The van der Waals surface area contributed by atoms with Gasteiger partial charge in [0.2, 0.25) is 0 Å². The molecule has 0 aliphatic carbocycles. The van der Waals surface area contributed by atoms with E-state index in [0.29, 0.717) is 6.54 Å². The molecule has 1 saturated heterocycles. The Bertz CT molecular complexity index is 495. The molecule has 0 bridgehead atoms. The molecule has 1 aliphatic heterocycles. The molecule has 1 fully saturated rings. The smallest absolute Gasteiger partial charge is 0.293 e. The highest BCUT2D eigenvalue weighted by atomic mass is 79.9. The predicted octanol–water partition coefficient (Wildman–Crippen LogP) is 1.81. The van der Waals surface area contributed by atoms with E-state index in [0.717, 1.165) is 38.8 Å². The van der Waals surface area contributed by atoms with Crippen molar-refractivity contribution < 1.29 is 9.31 Å². The maximum absolute atomic E-state index is 13.5. The zero-order chi connectivity index (χ0) is 14.5. The average molecular weight is 347 g/mol. The molecule has 1 aromatic rings. The topological polar surface area (TPSA) is 70.4 Å². The van der Waals surface area contributed by atoms with Crippen LogP contribution in [0, 0.1) is 15.9 Å². The third kappa shape index (κ3) is 3.87. The highest BCUT2D eigenvalue weighted by molar-refractivity contribution is 9.10. The van der Waals surface area contributed by atoms with Gasteiger partial charge in [-0.05, 0) is 15.9 Å². The van der Waals surface area contributed by atoms with E-state index in [9.17, 15) is 14.5 Å². The molecule has 0 aromatic heterocycles. The number of hydrogen-bond acceptors (Lipinski definition) is 5. The first kappa shape index (κ1) is 15.1. The summed E-state index contributed by atoms with van der Waals surface area (Å²) in [5, 5.41) is 17.2. The summed E-state index contributed by atoms with van der Waals surface area (Å²) >= 11 is 2.96. The molecular formula is C12H16BrFN4O2. The second-order valence-electron chi connectivity index (χ2n) is 4.56. The Labute approximate surface area is 124 Å². The summed E-state index contributed by atoms with van der Waals surface area (Å²) in [5.74, 6) is -0.514. The SMILES string of the molecule is O=[N+]([O-])c1cc(Br)c(F)cc1NCCN1CCNCC1. The molecule has 0 amide bonds. The van der Waals surface area contributed by atoms with Gasteiger partial charge in [-0.3, -0.25) is 15.0 Å². The van der Waals surface area contributed by atoms with Gasteiger partial charge in [0.25, 0.3) is 5.69 Å². The molecular weight excluding hydrogens is 331 g/mol. The van der Waals surface area contributed by atoms with E-state index in [-0.39, 0.29) is 15.8 Å². The monoisotopic (exact) mass is 346 g/mol. The summed E-state index contributed by atoms with van der Waals surface area (Å²) in [6.07, 6.45) is 0. The van der Waals surface area contributed by atoms with Crippen LogP contribution < -0.4 is 10.6 Å². The van der Waals surface area contributed by atoms with Crippen molar-refractivity contribution in [1.82, 2.24) is 10.2 Å². The van der Waals surface area contributed by atoms with E-state index in [4.69, 9.17) is 0 Å². The summed E-state index contributed by atoms with van der Waals surface area (Å²) in [4.78, 5) is 12.7. The molecule has 2 N–H and O–H groups in total.